The number of hydrogen-bond donors (Lipinski definition) is 1. The Morgan fingerprint density at radius 2 is 2.03 bits per heavy atom. The van der Waals surface area contributed by atoms with Gasteiger partial charge < -0.3 is 24.4 Å². The van der Waals surface area contributed by atoms with Gasteiger partial charge in [-0.2, -0.15) is 0 Å². The van der Waals surface area contributed by atoms with E-state index in [9.17, 15) is 4.79 Å². The Kier molecular flexibility index (Phi) is 6.63. The number of thiazole rings is 1. The van der Waals surface area contributed by atoms with Crippen LogP contribution < -0.4 is 19.7 Å². The smallest absolute Gasteiger partial charge is 0.271 e. The summed E-state index contributed by atoms with van der Waals surface area (Å²) in [7, 11) is 3.19. The summed E-state index contributed by atoms with van der Waals surface area (Å²) in [4.78, 5) is 23.8. The molecule has 3 heterocycles. The van der Waals surface area contributed by atoms with Crippen molar-refractivity contribution in [1.29, 1.82) is 0 Å². The van der Waals surface area contributed by atoms with Gasteiger partial charge in [0.25, 0.3) is 5.91 Å². The summed E-state index contributed by atoms with van der Waals surface area (Å²) in [5, 5.41) is 5.46. The van der Waals surface area contributed by atoms with Crippen LogP contribution in [-0.2, 0) is 11.3 Å². The number of pyridine rings is 1. The molecule has 8 nitrogen and oxygen atoms in total. The third-order valence-electron chi connectivity index (χ3n) is 5.00. The zero-order valence-electron chi connectivity index (χ0n) is 17.5. The van der Waals surface area contributed by atoms with Gasteiger partial charge in [0.1, 0.15) is 28.0 Å². The fourth-order valence-corrected chi connectivity index (χ4v) is 4.09. The minimum atomic E-state index is -0.233. The van der Waals surface area contributed by atoms with Crippen LogP contribution in [-0.4, -0.2) is 56.4 Å². The molecule has 2 aromatic heterocycles. The number of amides is 1. The van der Waals surface area contributed by atoms with E-state index in [1.54, 1.807) is 31.9 Å². The van der Waals surface area contributed by atoms with Crippen molar-refractivity contribution in [3.8, 4) is 22.1 Å². The van der Waals surface area contributed by atoms with Gasteiger partial charge in [0.2, 0.25) is 0 Å². The standard InChI is InChI=1S/C22H24N4O4S/c1-28-17-4-3-16(19(12-17)29-2)13-24-21(27)18-14-31-22(25-18)15-5-6-23-20(11-15)26-7-9-30-10-8-26/h3-6,11-12,14H,7-10,13H2,1-2H3,(H,24,27). The first-order valence-electron chi connectivity index (χ1n) is 9.91. The van der Waals surface area contributed by atoms with Gasteiger partial charge >= 0.3 is 0 Å². The van der Waals surface area contributed by atoms with Crippen LogP contribution in [0.15, 0.2) is 41.9 Å². The number of benzene rings is 1. The molecular weight excluding hydrogens is 416 g/mol. The molecular formula is C22H24N4O4S. The van der Waals surface area contributed by atoms with Gasteiger partial charge in [-0.15, -0.1) is 11.3 Å². The van der Waals surface area contributed by atoms with Crippen molar-refractivity contribution in [2.75, 3.05) is 45.4 Å². The second-order valence-electron chi connectivity index (χ2n) is 6.90. The highest BCUT2D eigenvalue weighted by atomic mass is 32.1. The highest BCUT2D eigenvalue weighted by molar-refractivity contribution is 7.13. The monoisotopic (exact) mass is 440 g/mol. The normalized spacial score (nSPS) is 13.7. The molecule has 0 radical (unpaired) electrons. The van der Waals surface area contributed by atoms with Crippen molar-refractivity contribution in [3.63, 3.8) is 0 Å². The molecule has 0 spiro atoms. The van der Waals surface area contributed by atoms with Gasteiger partial charge in [-0.3, -0.25) is 4.79 Å². The number of carbonyl (C=O) groups excluding carboxylic acids is 1. The number of hydrogen-bond acceptors (Lipinski definition) is 8. The Bertz CT molecular complexity index is 1050. The van der Waals surface area contributed by atoms with Crippen LogP contribution in [0.3, 0.4) is 0 Å². The predicted octanol–water partition coefficient (Wildman–Crippen LogP) is 2.99. The molecule has 1 amide bonds. The summed E-state index contributed by atoms with van der Waals surface area (Å²) in [6.07, 6.45) is 1.78. The zero-order valence-corrected chi connectivity index (χ0v) is 18.3. The molecule has 0 atom stereocenters. The lowest BCUT2D eigenvalue weighted by Crippen LogP contribution is -2.36. The van der Waals surface area contributed by atoms with Crippen molar-refractivity contribution in [2.24, 2.45) is 0 Å². The molecule has 1 aliphatic heterocycles. The average molecular weight is 441 g/mol. The second kappa shape index (κ2) is 9.76. The van der Waals surface area contributed by atoms with Gasteiger partial charge in [-0.25, -0.2) is 9.97 Å². The van der Waals surface area contributed by atoms with E-state index in [1.807, 2.05) is 24.3 Å². The van der Waals surface area contributed by atoms with Gasteiger partial charge in [0, 0.05) is 48.4 Å². The largest absolute Gasteiger partial charge is 0.497 e. The zero-order chi connectivity index (χ0) is 21.6. The molecule has 162 valence electrons. The van der Waals surface area contributed by atoms with E-state index in [1.165, 1.54) is 11.3 Å². The van der Waals surface area contributed by atoms with Crippen molar-refractivity contribution < 1.29 is 19.0 Å². The topological polar surface area (TPSA) is 85.8 Å². The predicted molar refractivity (Wildman–Crippen MR) is 119 cm³/mol. The highest BCUT2D eigenvalue weighted by Gasteiger charge is 2.16. The van der Waals surface area contributed by atoms with E-state index in [0.717, 1.165) is 35.0 Å². The second-order valence-corrected chi connectivity index (χ2v) is 7.76. The Labute approximate surface area is 184 Å². The number of morpholine rings is 1. The van der Waals surface area contributed by atoms with Gasteiger partial charge in [-0.1, -0.05) is 0 Å². The first-order chi connectivity index (χ1) is 15.2. The molecule has 3 aromatic rings. The fraction of sp³-hybridized carbons (Fsp3) is 0.318. The number of nitrogens with one attached hydrogen (secondary N) is 1. The van der Waals surface area contributed by atoms with E-state index >= 15 is 0 Å². The summed E-state index contributed by atoms with van der Waals surface area (Å²) >= 11 is 1.44. The summed E-state index contributed by atoms with van der Waals surface area (Å²) in [5.74, 6) is 2.02. The average Bonchev–Trinajstić information content (AvgIpc) is 3.33. The summed E-state index contributed by atoms with van der Waals surface area (Å²) in [6, 6.07) is 9.41. The minimum absolute atomic E-state index is 0.233. The number of aromatic nitrogens is 2. The molecule has 1 aromatic carbocycles. The minimum Gasteiger partial charge on any atom is -0.497 e. The molecule has 0 saturated carbocycles. The molecule has 1 saturated heterocycles. The number of nitrogens with zero attached hydrogens (tertiary/aromatic N) is 3. The van der Waals surface area contributed by atoms with Crippen molar-refractivity contribution in [3.05, 3.63) is 53.2 Å². The van der Waals surface area contributed by atoms with Crippen LogP contribution in [0.2, 0.25) is 0 Å². The number of carbonyl (C=O) groups is 1. The van der Waals surface area contributed by atoms with Crippen molar-refractivity contribution in [1.82, 2.24) is 15.3 Å². The Hall–Kier alpha value is -3.17. The van der Waals surface area contributed by atoms with Crippen LogP contribution in [0.4, 0.5) is 5.82 Å². The number of methoxy groups -OCH3 is 2. The fourth-order valence-electron chi connectivity index (χ4n) is 3.29. The lowest BCUT2D eigenvalue weighted by atomic mass is 10.2. The summed E-state index contributed by atoms with van der Waals surface area (Å²) in [6.45, 7) is 3.36. The third kappa shape index (κ3) is 4.95. The van der Waals surface area contributed by atoms with Crippen LogP contribution in [0.1, 0.15) is 16.1 Å². The van der Waals surface area contributed by atoms with E-state index in [0.29, 0.717) is 37.0 Å². The van der Waals surface area contributed by atoms with Gasteiger partial charge in [-0.05, 0) is 24.3 Å². The van der Waals surface area contributed by atoms with Crippen LogP contribution in [0, 0.1) is 0 Å². The maximum atomic E-state index is 12.6. The van der Waals surface area contributed by atoms with Crippen LogP contribution in [0.25, 0.3) is 10.6 Å². The first-order valence-corrected chi connectivity index (χ1v) is 10.8. The van der Waals surface area contributed by atoms with Crippen molar-refractivity contribution >= 4 is 23.1 Å². The van der Waals surface area contributed by atoms with E-state index in [-0.39, 0.29) is 5.91 Å². The maximum absolute atomic E-state index is 12.6. The number of anilines is 1. The Morgan fingerprint density at radius 3 is 2.81 bits per heavy atom. The lowest BCUT2D eigenvalue weighted by molar-refractivity contribution is 0.0946. The molecule has 1 aliphatic rings. The first kappa shape index (κ1) is 21.1. The van der Waals surface area contributed by atoms with Crippen LogP contribution in [0.5, 0.6) is 11.5 Å². The Balaban J connectivity index is 1.43. The van der Waals surface area contributed by atoms with Crippen molar-refractivity contribution in [2.45, 2.75) is 6.54 Å². The van der Waals surface area contributed by atoms with E-state index in [4.69, 9.17) is 14.2 Å². The molecule has 1 fully saturated rings. The van der Waals surface area contributed by atoms with Gasteiger partial charge in [0.05, 0.1) is 27.4 Å². The molecule has 1 N–H and O–H groups in total. The quantitative estimate of drug-likeness (QED) is 0.604. The molecule has 4 rings (SSSR count). The highest BCUT2D eigenvalue weighted by Crippen LogP contribution is 2.27. The number of rotatable bonds is 7. The molecule has 9 heteroatoms. The summed E-state index contributed by atoms with van der Waals surface area (Å²) in [5.41, 5.74) is 2.19. The summed E-state index contributed by atoms with van der Waals surface area (Å²) < 4.78 is 16.0. The lowest BCUT2D eigenvalue weighted by Gasteiger charge is -2.27. The molecule has 0 aliphatic carbocycles. The molecule has 0 unspecified atom stereocenters. The SMILES string of the molecule is COc1ccc(CNC(=O)c2csc(-c3ccnc(N4CCOCC4)c3)n2)c(OC)c1. The van der Waals surface area contributed by atoms with Gasteiger partial charge in [0.15, 0.2) is 0 Å². The van der Waals surface area contributed by atoms with E-state index in [2.05, 4.69) is 20.2 Å². The molecule has 0 bridgehead atoms. The maximum Gasteiger partial charge on any atom is 0.271 e. The van der Waals surface area contributed by atoms with E-state index < -0.39 is 0 Å². The molecule has 31 heavy (non-hydrogen) atoms. The van der Waals surface area contributed by atoms with Crippen LogP contribution >= 0.6 is 11.3 Å². The third-order valence-corrected chi connectivity index (χ3v) is 5.89. The number of ether oxygens (including phenoxy) is 3. The Morgan fingerprint density at radius 1 is 1.19 bits per heavy atom.